The van der Waals surface area contributed by atoms with Gasteiger partial charge in [-0.1, -0.05) is 0 Å². The minimum atomic E-state index is -0.228. The number of nitrogens with two attached hydrogens (primary N) is 1. The van der Waals surface area contributed by atoms with Crippen molar-refractivity contribution in [2.75, 3.05) is 47.0 Å². The summed E-state index contributed by atoms with van der Waals surface area (Å²) in [5.74, 6) is 0.467. The molecule has 28 heavy (non-hydrogen) atoms. The van der Waals surface area contributed by atoms with E-state index in [4.69, 9.17) is 19.9 Å². The number of piperazine rings is 1. The average Bonchev–Trinajstić information content (AvgIpc) is 3.27. The van der Waals surface area contributed by atoms with Crippen molar-refractivity contribution in [2.45, 2.75) is 62.5 Å². The minimum absolute atomic E-state index is 0.0211. The zero-order valence-corrected chi connectivity index (χ0v) is 17.0. The minimum Gasteiger partial charge on any atom is -0.379 e. The first kappa shape index (κ1) is 20.5. The maximum Gasteiger partial charge on any atom is 0.251 e. The summed E-state index contributed by atoms with van der Waals surface area (Å²) in [6, 6.07) is 0.296. The molecule has 7 atom stereocenters. The second kappa shape index (κ2) is 8.91. The van der Waals surface area contributed by atoms with Crippen molar-refractivity contribution < 1.29 is 19.0 Å². The van der Waals surface area contributed by atoms with Gasteiger partial charge in [-0.2, -0.15) is 0 Å². The standard InChI is InChI=1S/C19H35N5O4/c1-26-15-10-12-13(11-16(15)27-2)21-19(22-17(12)20)24-7-5-23(6-8-24)18(25)14-4-3-9-28-14/h12-17,19,21-22H,3-11,20H2,1-2H3. The molecule has 4 aliphatic rings. The van der Waals surface area contributed by atoms with Crippen molar-refractivity contribution in [1.29, 1.82) is 0 Å². The van der Waals surface area contributed by atoms with Crippen LogP contribution in [0.15, 0.2) is 0 Å². The van der Waals surface area contributed by atoms with Gasteiger partial charge in [0.1, 0.15) is 12.4 Å². The zero-order valence-electron chi connectivity index (χ0n) is 17.0. The third kappa shape index (κ3) is 4.07. The maximum absolute atomic E-state index is 12.6. The molecule has 9 nitrogen and oxygen atoms in total. The van der Waals surface area contributed by atoms with Gasteiger partial charge < -0.3 is 24.8 Å². The molecule has 0 radical (unpaired) electrons. The molecule has 0 aromatic heterocycles. The number of hydrogen-bond acceptors (Lipinski definition) is 8. The number of fused-ring (bicyclic) bond motifs is 1. The fourth-order valence-electron chi connectivity index (χ4n) is 5.19. The summed E-state index contributed by atoms with van der Waals surface area (Å²) < 4.78 is 16.8. The third-order valence-corrected chi connectivity index (χ3v) is 6.91. The maximum atomic E-state index is 12.6. The van der Waals surface area contributed by atoms with E-state index in [1.807, 2.05) is 4.90 Å². The number of methoxy groups -OCH3 is 2. The van der Waals surface area contributed by atoms with Crippen molar-refractivity contribution in [3.05, 3.63) is 0 Å². The molecule has 0 aromatic carbocycles. The van der Waals surface area contributed by atoms with Crippen LogP contribution in [-0.4, -0.2) is 99.5 Å². The highest BCUT2D eigenvalue weighted by atomic mass is 16.5. The predicted molar refractivity (Wildman–Crippen MR) is 103 cm³/mol. The van der Waals surface area contributed by atoms with Crippen LogP contribution in [0.25, 0.3) is 0 Å². The van der Waals surface area contributed by atoms with Gasteiger partial charge in [0, 0.05) is 59.0 Å². The van der Waals surface area contributed by atoms with E-state index in [9.17, 15) is 4.79 Å². The van der Waals surface area contributed by atoms with Crippen molar-refractivity contribution in [3.8, 4) is 0 Å². The van der Waals surface area contributed by atoms with E-state index in [2.05, 4.69) is 15.5 Å². The highest BCUT2D eigenvalue weighted by Crippen LogP contribution is 2.32. The zero-order chi connectivity index (χ0) is 19.7. The van der Waals surface area contributed by atoms with Crippen molar-refractivity contribution >= 4 is 5.91 Å². The summed E-state index contributed by atoms with van der Waals surface area (Å²) >= 11 is 0. The summed E-state index contributed by atoms with van der Waals surface area (Å²) in [6.07, 6.45) is 3.50. The Balaban J connectivity index is 1.32. The molecule has 3 heterocycles. The molecular formula is C19H35N5O4. The van der Waals surface area contributed by atoms with Gasteiger partial charge in [-0.15, -0.1) is 0 Å². The van der Waals surface area contributed by atoms with Crippen LogP contribution in [0.1, 0.15) is 25.7 Å². The SMILES string of the molecule is COC1CC2NC(N3CCN(C(=O)C4CCCO4)CC3)NC(N)C2CC1OC. The van der Waals surface area contributed by atoms with E-state index < -0.39 is 0 Å². The quantitative estimate of drug-likeness (QED) is 0.548. The second-order valence-electron chi connectivity index (χ2n) is 8.41. The monoisotopic (exact) mass is 397 g/mol. The van der Waals surface area contributed by atoms with Gasteiger partial charge >= 0.3 is 0 Å². The van der Waals surface area contributed by atoms with E-state index in [0.29, 0.717) is 18.6 Å². The molecule has 7 unspecified atom stereocenters. The average molecular weight is 398 g/mol. The molecule has 0 aromatic rings. The van der Waals surface area contributed by atoms with E-state index in [1.165, 1.54) is 0 Å². The first-order chi connectivity index (χ1) is 13.6. The molecule has 4 N–H and O–H groups in total. The Hall–Kier alpha value is -0.810. The molecule has 4 fully saturated rings. The number of carbonyl (C=O) groups is 1. The van der Waals surface area contributed by atoms with Crippen LogP contribution in [0.5, 0.6) is 0 Å². The van der Waals surface area contributed by atoms with Crippen LogP contribution in [0.3, 0.4) is 0 Å². The van der Waals surface area contributed by atoms with Gasteiger partial charge in [0.2, 0.25) is 0 Å². The Morgan fingerprint density at radius 3 is 2.43 bits per heavy atom. The number of nitrogens with one attached hydrogen (secondary N) is 2. The smallest absolute Gasteiger partial charge is 0.251 e. The number of hydrogen-bond donors (Lipinski definition) is 3. The van der Waals surface area contributed by atoms with Gasteiger partial charge in [-0.05, 0) is 25.7 Å². The Morgan fingerprint density at radius 2 is 1.79 bits per heavy atom. The lowest BCUT2D eigenvalue weighted by atomic mass is 9.78. The van der Waals surface area contributed by atoms with Crippen LogP contribution >= 0.6 is 0 Å². The molecule has 1 aliphatic carbocycles. The van der Waals surface area contributed by atoms with E-state index in [0.717, 1.165) is 51.9 Å². The summed E-state index contributed by atoms with van der Waals surface area (Å²) in [7, 11) is 3.49. The third-order valence-electron chi connectivity index (χ3n) is 6.91. The molecule has 0 spiro atoms. The number of ether oxygens (including phenoxy) is 3. The van der Waals surface area contributed by atoms with Crippen molar-refractivity contribution in [3.63, 3.8) is 0 Å². The molecular weight excluding hydrogens is 362 g/mol. The highest BCUT2D eigenvalue weighted by Gasteiger charge is 2.45. The molecule has 160 valence electrons. The van der Waals surface area contributed by atoms with Gasteiger partial charge in [-0.25, -0.2) is 0 Å². The Morgan fingerprint density at radius 1 is 1.07 bits per heavy atom. The Bertz CT molecular complexity index is 538. The lowest BCUT2D eigenvalue weighted by Gasteiger charge is -2.51. The largest absolute Gasteiger partial charge is 0.379 e. The predicted octanol–water partition coefficient (Wildman–Crippen LogP) is -1.12. The first-order valence-corrected chi connectivity index (χ1v) is 10.6. The number of rotatable bonds is 4. The number of nitrogens with zero attached hydrogens (tertiary/aromatic N) is 2. The lowest BCUT2D eigenvalue weighted by Crippen LogP contribution is -2.74. The summed E-state index contributed by atoms with van der Waals surface area (Å²) in [5, 5.41) is 7.26. The number of amides is 1. The molecule has 1 saturated carbocycles. The molecule has 3 saturated heterocycles. The fourth-order valence-corrected chi connectivity index (χ4v) is 5.19. The van der Waals surface area contributed by atoms with Gasteiger partial charge in [0.25, 0.3) is 5.91 Å². The van der Waals surface area contributed by atoms with Gasteiger partial charge in [-0.3, -0.25) is 20.3 Å². The van der Waals surface area contributed by atoms with E-state index >= 15 is 0 Å². The van der Waals surface area contributed by atoms with Crippen molar-refractivity contribution in [1.82, 2.24) is 20.4 Å². The number of carbonyl (C=O) groups excluding carboxylic acids is 1. The second-order valence-corrected chi connectivity index (χ2v) is 8.41. The summed E-state index contributed by atoms with van der Waals surface area (Å²) in [4.78, 5) is 16.9. The van der Waals surface area contributed by atoms with E-state index in [1.54, 1.807) is 14.2 Å². The normalized spacial score (nSPS) is 42.4. The van der Waals surface area contributed by atoms with Crippen LogP contribution in [-0.2, 0) is 19.0 Å². The highest BCUT2D eigenvalue weighted by molar-refractivity contribution is 5.81. The molecule has 1 amide bonds. The van der Waals surface area contributed by atoms with Crippen LogP contribution < -0.4 is 16.4 Å². The van der Waals surface area contributed by atoms with Crippen molar-refractivity contribution in [2.24, 2.45) is 11.7 Å². The summed E-state index contributed by atoms with van der Waals surface area (Å²) in [5.41, 5.74) is 6.49. The molecule has 0 bridgehead atoms. The fraction of sp³-hybridized carbons (Fsp3) is 0.947. The Labute approximate surface area is 167 Å². The van der Waals surface area contributed by atoms with E-state index in [-0.39, 0.29) is 36.7 Å². The van der Waals surface area contributed by atoms with Gasteiger partial charge in [0.05, 0.1) is 18.4 Å². The van der Waals surface area contributed by atoms with Crippen LogP contribution in [0.4, 0.5) is 0 Å². The van der Waals surface area contributed by atoms with Crippen LogP contribution in [0.2, 0.25) is 0 Å². The topological polar surface area (TPSA) is 101 Å². The Kier molecular flexibility index (Phi) is 6.51. The molecule has 3 aliphatic heterocycles. The first-order valence-electron chi connectivity index (χ1n) is 10.6. The lowest BCUT2D eigenvalue weighted by molar-refractivity contribution is -0.144. The van der Waals surface area contributed by atoms with Gasteiger partial charge in [0.15, 0.2) is 0 Å². The molecule has 9 heteroatoms. The molecule has 4 rings (SSSR count). The van der Waals surface area contributed by atoms with Crippen LogP contribution in [0, 0.1) is 5.92 Å². The summed E-state index contributed by atoms with van der Waals surface area (Å²) in [6.45, 7) is 3.81.